The molecule has 0 aromatic heterocycles. The molecule has 0 saturated heterocycles. The van der Waals surface area contributed by atoms with Crippen LogP contribution in [0.15, 0.2) is 30.9 Å². The van der Waals surface area contributed by atoms with Crippen molar-refractivity contribution in [3.63, 3.8) is 0 Å². The van der Waals surface area contributed by atoms with Gasteiger partial charge >= 0.3 is 0 Å². The van der Waals surface area contributed by atoms with E-state index in [1.54, 1.807) is 0 Å². The molecule has 1 nitrogen and oxygen atoms in total. The summed E-state index contributed by atoms with van der Waals surface area (Å²) in [6, 6.07) is 6.37. The predicted molar refractivity (Wildman–Crippen MR) is 49.5 cm³/mol. The average Bonchev–Trinajstić information content (AvgIpc) is 2.51. The van der Waals surface area contributed by atoms with Gasteiger partial charge in [-0.25, -0.2) is 0 Å². The van der Waals surface area contributed by atoms with E-state index in [2.05, 4.69) is 24.8 Å². The Morgan fingerprint density at radius 3 is 3.25 bits per heavy atom. The van der Waals surface area contributed by atoms with E-state index in [1.807, 2.05) is 6.08 Å². The maximum Gasteiger partial charge on any atom is 0.122 e. The Bertz CT molecular complexity index is 302. The van der Waals surface area contributed by atoms with Crippen LogP contribution in [0.4, 0.5) is 0 Å². The van der Waals surface area contributed by atoms with E-state index in [4.69, 9.17) is 4.74 Å². The van der Waals surface area contributed by atoms with Crippen LogP contribution in [0.3, 0.4) is 0 Å². The maximum absolute atomic E-state index is 5.41. The lowest BCUT2D eigenvalue weighted by atomic mass is 10.1. The predicted octanol–water partition coefficient (Wildman–Crippen LogP) is 2.35. The zero-order chi connectivity index (χ0) is 8.39. The van der Waals surface area contributed by atoms with Crippen LogP contribution in [-0.4, -0.2) is 6.61 Å². The Morgan fingerprint density at radius 2 is 2.42 bits per heavy atom. The van der Waals surface area contributed by atoms with E-state index in [0.717, 1.165) is 25.2 Å². The summed E-state index contributed by atoms with van der Waals surface area (Å²) in [5.41, 5.74) is 2.67. The molecule has 1 heteroatoms. The smallest absolute Gasteiger partial charge is 0.122 e. The third-order valence-corrected chi connectivity index (χ3v) is 2.13. The van der Waals surface area contributed by atoms with E-state index in [-0.39, 0.29) is 0 Å². The number of hydrogen-bond acceptors (Lipinski definition) is 1. The normalized spacial score (nSPS) is 13.7. The highest BCUT2D eigenvalue weighted by Gasteiger charge is 2.10. The SMILES string of the molecule is C=CCc1ccc2c(c1)CCO2. The van der Waals surface area contributed by atoms with Crippen molar-refractivity contribution in [3.05, 3.63) is 42.0 Å². The average molecular weight is 160 g/mol. The molecule has 0 atom stereocenters. The van der Waals surface area contributed by atoms with Crippen LogP contribution in [-0.2, 0) is 12.8 Å². The van der Waals surface area contributed by atoms with E-state index in [1.165, 1.54) is 11.1 Å². The molecule has 0 saturated carbocycles. The van der Waals surface area contributed by atoms with Gasteiger partial charge in [0.25, 0.3) is 0 Å². The second kappa shape index (κ2) is 3.02. The summed E-state index contributed by atoms with van der Waals surface area (Å²) in [5, 5.41) is 0. The van der Waals surface area contributed by atoms with Crippen LogP contribution < -0.4 is 4.74 Å². The minimum Gasteiger partial charge on any atom is -0.493 e. The molecule has 0 unspecified atom stereocenters. The minimum atomic E-state index is 0.840. The first-order valence-electron chi connectivity index (χ1n) is 4.25. The van der Waals surface area contributed by atoms with Gasteiger partial charge in [0.15, 0.2) is 0 Å². The van der Waals surface area contributed by atoms with Crippen molar-refractivity contribution in [1.29, 1.82) is 0 Å². The van der Waals surface area contributed by atoms with Crippen LogP contribution >= 0.6 is 0 Å². The number of benzene rings is 1. The summed E-state index contributed by atoms with van der Waals surface area (Å²) < 4.78 is 5.41. The van der Waals surface area contributed by atoms with Gasteiger partial charge in [-0.2, -0.15) is 0 Å². The zero-order valence-corrected chi connectivity index (χ0v) is 7.05. The largest absolute Gasteiger partial charge is 0.493 e. The van der Waals surface area contributed by atoms with Crippen molar-refractivity contribution in [3.8, 4) is 5.75 Å². The topological polar surface area (TPSA) is 9.23 Å². The van der Waals surface area contributed by atoms with Gasteiger partial charge in [-0.15, -0.1) is 6.58 Å². The number of ether oxygens (including phenoxy) is 1. The first kappa shape index (κ1) is 7.41. The zero-order valence-electron chi connectivity index (χ0n) is 7.05. The van der Waals surface area contributed by atoms with Crippen LogP contribution in [0.5, 0.6) is 5.75 Å². The molecule has 1 heterocycles. The quantitative estimate of drug-likeness (QED) is 0.603. The molecular weight excluding hydrogens is 148 g/mol. The second-order valence-corrected chi connectivity index (χ2v) is 3.03. The lowest BCUT2D eigenvalue weighted by molar-refractivity contribution is 0.357. The fraction of sp³-hybridized carbons (Fsp3) is 0.273. The molecule has 0 N–H and O–H groups in total. The van der Waals surface area contributed by atoms with Crippen molar-refractivity contribution < 1.29 is 4.74 Å². The molecule has 2 rings (SSSR count). The summed E-state index contributed by atoms with van der Waals surface area (Å²) in [6.45, 7) is 4.56. The highest BCUT2D eigenvalue weighted by Crippen LogP contribution is 2.25. The molecular formula is C11H12O. The molecule has 0 fully saturated rings. The minimum absolute atomic E-state index is 0.840. The lowest BCUT2D eigenvalue weighted by Gasteiger charge is -2.00. The number of hydrogen-bond donors (Lipinski definition) is 0. The molecule has 0 radical (unpaired) electrons. The van der Waals surface area contributed by atoms with Gasteiger partial charge in [0.1, 0.15) is 5.75 Å². The summed E-state index contributed by atoms with van der Waals surface area (Å²) in [5.74, 6) is 1.06. The molecule has 0 amide bonds. The molecule has 0 bridgehead atoms. The molecule has 62 valence electrons. The van der Waals surface area contributed by atoms with Crippen molar-refractivity contribution >= 4 is 0 Å². The summed E-state index contributed by atoms with van der Waals surface area (Å²) in [7, 11) is 0. The van der Waals surface area contributed by atoms with Gasteiger partial charge in [-0.05, 0) is 23.6 Å². The standard InChI is InChI=1S/C11H12O/c1-2-3-9-4-5-11-10(8-9)6-7-12-11/h2,4-5,8H,1,3,6-7H2. The van der Waals surface area contributed by atoms with Crippen LogP contribution in [0.1, 0.15) is 11.1 Å². The first-order chi connectivity index (χ1) is 5.90. The number of rotatable bonds is 2. The van der Waals surface area contributed by atoms with E-state index in [9.17, 15) is 0 Å². The molecule has 0 spiro atoms. The lowest BCUT2D eigenvalue weighted by Crippen LogP contribution is -1.85. The number of fused-ring (bicyclic) bond motifs is 1. The Labute approximate surface area is 72.7 Å². The van der Waals surface area contributed by atoms with Gasteiger partial charge in [0, 0.05) is 6.42 Å². The molecule has 12 heavy (non-hydrogen) atoms. The van der Waals surface area contributed by atoms with E-state index < -0.39 is 0 Å². The molecule has 0 aliphatic carbocycles. The summed E-state index contributed by atoms with van der Waals surface area (Å²) in [6.07, 6.45) is 3.94. The summed E-state index contributed by atoms with van der Waals surface area (Å²) >= 11 is 0. The van der Waals surface area contributed by atoms with Crippen LogP contribution in [0.2, 0.25) is 0 Å². The third-order valence-electron chi connectivity index (χ3n) is 2.13. The second-order valence-electron chi connectivity index (χ2n) is 3.03. The van der Waals surface area contributed by atoms with Crippen LogP contribution in [0.25, 0.3) is 0 Å². The van der Waals surface area contributed by atoms with Gasteiger partial charge in [0.05, 0.1) is 6.61 Å². The van der Waals surface area contributed by atoms with E-state index in [0.29, 0.717) is 0 Å². The van der Waals surface area contributed by atoms with Gasteiger partial charge < -0.3 is 4.74 Å². The van der Waals surface area contributed by atoms with Crippen molar-refractivity contribution in [2.24, 2.45) is 0 Å². The number of allylic oxidation sites excluding steroid dienone is 1. The Morgan fingerprint density at radius 1 is 1.50 bits per heavy atom. The highest BCUT2D eigenvalue weighted by atomic mass is 16.5. The van der Waals surface area contributed by atoms with Crippen molar-refractivity contribution in [2.45, 2.75) is 12.8 Å². The maximum atomic E-state index is 5.41. The van der Waals surface area contributed by atoms with Gasteiger partial charge in [0.2, 0.25) is 0 Å². The summed E-state index contributed by atoms with van der Waals surface area (Å²) in [4.78, 5) is 0. The van der Waals surface area contributed by atoms with E-state index >= 15 is 0 Å². The Kier molecular flexibility index (Phi) is 1.86. The fourth-order valence-electron chi connectivity index (χ4n) is 1.53. The van der Waals surface area contributed by atoms with Gasteiger partial charge in [-0.3, -0.25) is 0 Å². The third kappa shape index (κ3) is 1.22. The Hall–Kier alpha value is -1.24. The monoisotopic (exact) mass is 160 g/mol. The van der Waals surface area contributed by atoms with Crippen molar-refractivity contribution in [2.75, 3.05) is 6.61 Å². The molecule has 1 aliphatic heterocycles. The highest BCUT2D eigenvalue weighted by molar-refractivity contribution is 5.40. The molecule has 1 aromatic carbocycles. The fourth-order valence-corrected chi connectivity index (χ4v) is 1.53. The molecule has 1 aliphatic rings. The first-order valence-corrected chi connectivity index (χ1v) is 4.25. The molecule has 1 aromatic rings. The van der Waals surface area contributed by atoms with Crippen LogP contribution in [0, 0.1) is 0 Å². The van der Waals surface area contributed by atoms with Crippen molar-refractivity contribution in [1.82, 2.24) is 0 Å². The Balaban J connectivity index is 2.32. The van der Waals surface area contributed by atoms with Gasteiger partial charge in [-0.1, -0.05) is 18.2 Å².